The molecule has 2 amide bonds. The van der Waals surface area contributed by atoms with Gasteiger partial charge in [-0.05, 0) is 73.5 Å². The number of hydrogen-bond donors (Lipinski definition) is 0. The molecular weight excluding hydrogens is 500 g/mol. The highest BCUT2D eigenvalue weighted by atomic mass is 16.7. The van der Waals surface area contributed by atoms with Crippen molar-refractivity contribution in [1.29, 1.82) is 0 Å². The summed E-state index contributed by atoms with van der Waals surface area (Å²) in [6.07, 6.45) is 2.32. The van der Waals surface area contributed by atoms with Gasteiger partial charge in [0.25, 0.3) is 11.8 Å². The van der Waals surface area contributed by atoms with Crippen LogP contribution in [0.4, 0.5) is 0 Å². The van der Waals surface area contributed by atoms with E-state index in [1.54, 1.807) is 26.4 Å². The zero-order valence-corrected chi connectivity index (χ0v) is 22.2. The van der Waals surface area contributed by atoms with Crippen LogP contribution in [0.25, 0.3) is 0 Å². The average molecular weight is 533 g/mol. The summed E-state index contributed by atoms with van der Waals surface area (Å²) in [6, 6.07) is 18.1. The van der Waals surface area contributed by atoms with Crippen molar-refractivity contribution in [3.63, 3.8) is 0 Å². The smallest absolute Gasteiger partial charge is 0.286 e. The third-order valence-corrected chi connectivity index (χ3v) is 6.85. The van der Waals surface area contributed by atoms with Crippen LogP contribution in [-0.4, -0.2) is 62.2 Å². The first-order valence-electron chi connectivity index (χ1n) is 13.0. The molecule has 3 aromatic carbocycles. The van der Waals surface area contributed by atoms with E-state index < -0.39 is 11.8 Å². The summed E-state index contributed by atoms with van der Waals surface area (Å²) in [5.74, 6) is 1.19. The number of nitrogens with zero attached hydrogens (tertiary/aromatic N) is 2. The maximum absolute atomic E-state index is 13.1. The molecule has 2 aliphatic heterocycles. The number of fused-ring (bicyclic) bond motifs is 1. The predicted molar refractivity (Wildman–Crippen MR) is 143 cm³/mol. The Morgan fingerprint density at radius 1 is 0.692 bits per heavy atom. The van der Waals surface area contributed by atoms with Crippen molar-refractivity contribution in [2.24, 2.45) is 0 Å². The molecular formula is C30H32N2O7. The molecule has 0 radical (unpaired) electrons. The van der Waals surface area contributed by atoms with Gasteiger partial charge in [-0.15, -0.1) is 5.06 Å². The van der Waals surface area contributed by atoms with Crippen LogP contribution in [0.15, 0.2) is 60.7 Å². The molecule has 1 saturated heterocycles. The summed E-state index contributed by atoms with van der Waals surface area (Å²) in [7, 11) is 3.22. The number of likely N-dealkylation sites (tertiary alicyclic amines) is 1. The van der Waals surface area contributed by atoms with E-state index in [-0.39, 0.29) is 30.9 Å². The number of hydroxylamine groups is 2. The number of hydrogen-bond acceptors (Lipinski definition) is 8. The van der Waals surface area contributed by atoms with Gasteiger partial charge in [-0.1, -0.05) is 24.3 Å². The Morgan fingerprint density at radius 3 is 1.59 bits per heavy atom. The van der Waals surface area contributed by atoms with E-state index in [1.165, 1.54) is 0 Å². The molecule has 2 aliphatic rings. The Labute approximate surface area is 227 Å². The predicted octanol–water partition coefficient (Wildman–Crippen LogP) is 4.49. The number of ether oxygens (including phenoxy) is 4. The first-order valence-corrected chi connectivity index (χ1v) is 13.0. The van der Waals surface area contributed by atoms with Crippen molar-refractivity contribution in [3.05, 3.63) is 82.9 Å². The van der Waals surface area contributed by atoms with Crippen molar-refractivity contribution in [2.45, 2.75) is 26.1 Å². The van der Waals surface area contributed by atoms with Crippen LogP contribution in [0.3, 0.4) is 0 Å². The summed E-state index contributed by atoms with van der Waals surface area (Å²) < 4.78 is 22.6. The molecule has 5 rings (SSSR count). The lowest BCUT2D eigenvalue weighted by atomic mass is 10.1. The van der Waals surface area contributed by atoms with Crippen molar-refractivity contribution in [1.82, 2.24) is 9.96 Å². The lowest BCUT2D eigenvalue weighted by Crippen LogP contribution is -2.33. The first-order chi connectivity index (χ1) is 19.1. The normalized spacial score (nSPS) is 15.0. The van der Waals surface area contributed by atoms with Crippen LogP contribution in [-0.2, 0) is 18.1 Å². The van der Waals surface area contributed by atoms with Gasteiger partial charge < -0.3 is 23.8 Å². The summed E-state index contributed by atoms with van der Waals surface area (Å²) in [5.41, 5.74) is 2.27. The zero-order chi connectivity index (χ0) is 27.2. The Bertz CT molecular complexity index is 1210. The molecule has 39 heavy (non-hydrogen) atoms. The van der Waals surface area contributed by atoms with Gasteiger partial charge in [0, 0.05) is 6.54 Å². The van der Waals surface area contributed by atoms with Gasteiger partial charge in [-0.2, -0.15) is 0 Å². The monoisotopic (exact) mass is 532 g/mol. The van der Waals surface area contributed by atoms with Crippen LogP contribution >= 0.6 is 0 Å². The molecule has 0 atom stereocenters. The molecule has 0 aliphatic carbocycles. The van der Waals surface area contributed by atoms with E-state index in [2.05, 4.69) is 4.90 Å². The second-order valence-corrected chi connectivity index (χ2v) is 9.40. The Balaban J connectivity index is 1.34. The van der Waals surface area contributed by atoms with Crippen LogP contribution in [0.2, 0.25) is 0 Å². The minimum atomic E-state index is -0.507. The summed E-state index contributed by atoms with van der Waals surface area (Å²) in [4.78, 5) is 34.2. The Hall–Kier alpha value is -4.08. The van der Waals surface area contributed by atoms with E-state index >= 15 is 0 Å². The maximum Gasteiger partial charge on any atom is 0.286 e. The van der Waals surface area contributed by atoms with Crippen LogP contribution in [0, 0.1) is 0 Å². The first kappa shape index (κ1) is 26.5. The topological polar surface area (TPSA) is 86.8 Å². The third-order valence-electron chi connectivity index (χ3n) is 6.85. The number of imide groups is 1. The van der Waals surface area contributed by atoms with Crippen molar-refractivity contribution in [2.75, 3.05) is 40.5 Å². The van der Waals surface area contributed by atoms with Gasteiger partial charge in [-0.25, -0.2) is 0 Å². The summed E-state index contributed by atoms with van der Waals surface area (Å²) >= 11 is 0. The molecule has 9 heteroatoms. The van der Waals surface area contributed by atoms with Crippen LogP contribution in [0.1, 0.15) is 44.7 Å². The lowest BCUT2D eigenvalue weighted by Gasteiger charge is -2.17. The van der Waals surface area contributed by atoms with Crippen molar-refractivity contribution < 1.29 is 33.4 Å². The highest BCUT2D eigenvalue weighted by Crippen LogP contribution is 2.36. The number of rotatable bonds is 12. The molecule has 0 aromatic heterocycles. The summed E-state index contributed by atoms with van der Waals surface area (Å²) in [5, 5.41) is 0.848. The fourth-order valence-electron chi connectivity index (χ4n) is 4.60. The molecule has 0 spiro atoms. The molecule has 9 nitrogen and oxygen atoms in total. The molecule has 1 fully saturated rings. The zero-order valence-electron chi connectivity index (χ0n) is 22.2. The summed E-state index contributed by atoms with van der Waals surface area (Å²) in [6.45, 7) is 3.41. The minimum Gasteiger partial charge on any atom is -0.497 e. The van der Waals surface area contributed by atoms with E-state index in [0.29, 0.717) is 18.0 Å². The number of methoxy groups -OCH3 is 2. The van der Waals surface area contributed by atoms with Gasteiger partial charge in [0.05, 0.1) is 32.0 Å². The van der Waals surface area contributed by atoms with Gasteiger partial charge in [0.2, 0.25) is 0 Å². The molecule has 2 heterocycles. The van der Waals surface area contributed by atoms with Gasteiger partial charge in [-0.3, -0.25) is 14.4 Å². The van der Waals surface area contributed by atoms with Crippen molar-refractivity contribution >= 4 is 11.8 Å². The highest BCUT2D eigenvalue weighted by molar-refractivity contribution is 6.21. The molecule has 0 unspecified atom stereocenters. The molecule has 0 N–H and O–H groups in total. The second-order valence-electron chi connectivity index (χ2n) is 9.40. The Morgan fingerprint density at radius 2 is 1.15 bits per heavy atom. The van der Waals surface area contributed by atoms with Gasteiger partial charge >= 0.3 is 0 Å². The fourth-order valence-corrected chi connectivity index (χ4v) is 4.60. The molecule has 204 valence electrons. The quantitative estimate of drug-likeness (QED) is 0.316. The van der Waals surface area contributed by atoms with Gasteiger partial charge in [0.1, 0.15) is 24.7 Å². The van der Waals surface area contributed by atoms with E-state index in [9.17, 15) is 9.59 Å². The lowest BCUT2D eigenvalue weighted by molar-refractivity contribution is -0.0948. The largest absolute Gasteiger partial charge is 0.497 e. The SMILES string of the molecule is COc1ccc(COc2cc3c(cc2OCc2ccc(OC)cc2)C(=O)N(OCCN2CCCC2)C3=O)cc1. The number of carbonyl (C=O) groups is 2. The number of benzene rings is 3. The molecule has 0 bridgehead atoms. The minimum absolute atomic E-state index is 0.225. The third kappa shape index (κ3) is 6.16. The van der Waals surface area contributed by atoms with Gasteiger partial charge in [0.15, 0.2) is 11.5 Å². The number of amides is 2. The maximum atomic E-state index is 13.1. The second kappa shape index (κ2) is 12.2. The molecule has 0 saturated carbocycles. The fraction of sp³-hybridized carbons (Fsp3) is 0.333. The standard InChI is InChI=1S/C30H32N2O7/c1-35-23-9-5-21(6-10-23)19-37-27-17-25-26(18-28(27)38-20-22-7-11-24(36-2)12-8-22)30(34)32(29(25)33)39-16-15-31-13-3-4-14-31/h5-12,17-18H,3-4,13-16,19-20H2,1-2H3. The van der Waals surface area contributed by atoms with E-state index in [1.807, 2.05) is 48.5 Å². The van der Waals surface area contributed by atoms with Crippen LogP contribution < -0.4 is 18.9 Å². The number of carbonyl (C=O) groups excluding carboxylic acids is 2. The molecule has 3 aromatic rings. The van der Waals surface area contributed by atoms with E-state index in [0.717, 1.165) is 53.6 Å². The Kier molecular flexibility index (Phi) is 8.29. The van der Waals surface area contributed by atoms with E-state index in [4.69, 9.17) is 23.8 Å². The highest BCUT2D eigenvalue weighted by Gasteiger charge is 2.38. The average Bonchev–Trinajstić information content (AvgIpc) is 3.57. The van der Waals surface area contributed by atoms with Crippen molar-refractivity contribution in [3.8, 4) is 23.0 Å². The van der Waals surface area contributed by atoms with Crippen LogP contribution in [0.5, 0.6) is 23.0 Å².